The predicted molar refractivity (Wildman–Crippen MR) is 75.4 cm³/mol. The van der Waals surface area contributed by atoms with Gasteiger partial charge >= 0.3 is 0 Å². The molecule has 3 rings (SSSR count). The molecule has 0 fully saturated rings. The summed E-state index contributed by atoms with van der Waals surface area (Å²) in [6.07, 6.45) is 4.40. The van der Waals surface area contributed by atoms with E-state index in [1.165, 1.54) is 12.3 Å². The van der Waals surface area contributed by atoms with Crippen LogP contribution in [0.5, 0.6) is 0 Å². The molecule has 0 aromatic carbocycles. The topological polar surface area (TPSA) is 55.6 Å². The van der Waals surface area contributed by atoms with Crippen molar-refractivity contribution in [3.05, 3.63) is 42.8 Å². The van der Waals surface area contributed by atoms with Crippen molar-refractivity contribution in [3.8, 4) is 0 Å². The number of hydrogen-bond acceptors (Lipinski definition) is 4. The Morgan fingerprint density at radius 3 is 2.95 bits per heavy atom. The van der Waals surface area contributed by atoms with Gasteiger partial charge in [0.1, 0.15) is 5.52 Å². The number of halogens is 1. The van der Waals surface area contributed by atoms with Gasteiger partial charge in [0.25, 0.3) is 0 Å². The second kappa shape index (κ2) is 4.88. The number of imidazole rings is 1. The number of rotatable bonds is 3. The third-order valence-corrected chi connectivity index (χ3v) is 3.01. The second-order valence-corrected chi connectivity index (χ2v) is 4.69. The van der Waals surface area contributed by atoms with Crippen LogP contribution in [0.2, 0.25) is 0 Å². The van der Waals surface area contributed by atoms with E-state index in [0.29, 0.717) is 11.3 Å². The van der Waals surface area contributed by atoms with Crippen LogP contribution in [0.4, 0.5) is 15.9 Å². The number of aromatic nitrogens is 4. The van der Waals surface area contributed by atoms with E-state index in [4.69, 9.17) is 1.37 Å². The normalized spacial score (nSPS) is 11.9. The summed E-state index contributed by atoms with van der Waals surface area (Å²) in [5, 5.41) is 2.93. The molecule has 3 aromatic rings. The first-order valence-electron chi connectivity index (χ1n) is 6.77. The van der Waals surface area contributed by atoms with E-state index in [-0.39, 0.29) is 17.9 Å². The summed E-state index contributed by atoms with van der Waals surface area (Å²) < 4.78 is 23.4. The van der Waals surface area contributed by atoms with E-state index >= 15 is 0 Å². The third kappa shape index (κ3) is 2.09. The molecular formula is C14H14FN5. The molecule has 0 radical (unpaired) electrons. The first kappa shape index (κ1) is 11.3. The van der Waals surface area contributed by atoms with E-state index in [9.17, 15) is 4.39 Å². The maximum Gasteiger partial charge on any atom is 0.164 e. The zero-order chi connectivity index (χ0) is 15.0. The van der Waals surface area contributed by atoms with Gasteiger partial charge in [-0.2, -0.15) is 0 Å². The molecule has 0 atom stereocenters. The van der Waals surface area contributed by atoms with Crippen molar-refractivity contribution in [1.29, 1.82) is 0 Å². The smallest absolute Gasteiger partial charge is 0.164 e. The lowest BCUT2D eigenvalue weighted by molar-refractivity contribution is 0.617. The summed E-state index contributed by atoms with van der Waals surface area (Å²) in [7, 11) is 0. The highest BCUT2D eigenvalue weighted by atomic mass is 19.1. The SMILES string of the molecule is [2H]c1cc2ncn(C(C)C)c2c(Nc2ccncc2F)n1. The van der Waals surface area contributed by atoms with Gasteiger partial charge in [0.15, 0.2) is 11.6 Å². The van der Waals surface area contributed by atoms with Crippen molar-refractivity contribution in [2.45, 2.75) is 19.9 Å². The molecule has 0 saturated carbocycles. The Labute approximate surface area is 116 Å². The number of anilines is 2. The molecule has 3 heterocycles. The van der Waals surface area contributed by atoms with Crippen LogP contribution in [0, 0.1) is 5.82 Å². The fraction of sp³-hybridized carbons (Fsp3) is 0.214. The minimum atomic E-state index is -0.474. The lowest BCUT2D eigenvalue weighted by Gasteiger charge is -2.12. The van der Waals surface area contributed by atoms with Crippen LogP contribution >= 0.6 is 0 Å². The number of nitrogens with zero attached hydrogens (tertiary/aromatic N) is 4. The molecule has 0 aliphatic heterocycles. The monoisotopic (exact) mass is 272 g/mol. The third-order valence-electron chi connectivity index (χ3n) is 3.01. The molecule has 0 unspecified atom stereocenters. The van der Waals surface area contributed by atoms with Gasteiger partial charge in [-0.05, 0) is 26.0 Å². The molecule has 0 aliphatic rings. The number of nitrogens with one attached hydrogen (secondary N) is 1. The molecule has 0 saturated heterocycles. The highest BCUT2D eigenvalue weighted by molar-refractivity contribution is 5.88. The van der Waals surface area contributed by atoms with Crippen molar-refractivity contribution in [3.63, 3.8) is 0 Å². The quantitative estimate of drug-likeness (QED) is 0.795. The maximum absolute atomic E-state index is 13.7. The van der Waals surface area contributed by atoms with Crippen LogP contribution in [-0.2, 0) is 0 Å². The zero-order valence-corrected chi connectivity index (χ0v) is 11.1. The van der Waals surface area contributed by atoms with Crippen molar-refractivity contribution >= 4 is 22.5 Å². The summed E-state index contributed by atoms with van der Waals surface area (Å²) in [6, 6.07) is 3.29. The molecule has 6 heteroatoms. The molecule has 0 bridgehead atoms. The Kier molecular flexibility index (Phi) is 2.77. The largest absolute Gasteiger partial charge is 0.336 e. The van der Waals surface area contributed by atoms with Crippen LogP contribution in [0.15, 0.2) is 37.0 Å². The first-order valence-corrected chi connectivity index (χ1v) is 6.27. The molecule has 102 valence electrons. The molecule has 1 N–H and O–H groups in total. The Morgan fingerprint density at radius 2 is 2.20 bits per heavy atom. The number of hydrogen-bond donors (Lipinski definition) is 1. The van der Waals surface area contributed by atoms with Crippen LogP contribution in [0.3, 0.4) is 0 Å². The molecule has 0 aliphatic carbocycles. The highest BCUT2D eigenvalue weighted by Crippen LogP contribution is 2.26. The standard InChI is InChI=1S/C14H14FN5/c1-9(2)20-8-18-12-4-6-17-14(13(12)20)19-11-3-5-16-7-10(11)15/h3-9H,1-2H3,(H,16,17,19)/i6D. The molecule has 5 nitrogen and oxygen atoms in total. The summed E-state index contributed by atoms with van der Waals surface area (Å²) in [6.45, 7) is 4.04. The van der Waals surface area contributed by atoms with E-state index in [2.05, 4.69) is 20.3 Å². The van der Waals surface area contributed by atoms with Gasteiger partial charge in [0.2, 0.25) is 0 Å². The van der Waals surface area contributed by atoms with E-state index < -0.39 is 5.82 Å². The van der Waals surface area contributed by atoms with Crippen LogP contribution in [-0.4, -0.2) is 19.5 Å². The van der Waals surface area contributed by atoms with Crippen LogP contribution in [0.1, 0.15) is 21.3 Å². The minimum absolute atomic E-state index is 0.0773. The number of pyridine rings is 2. The lowest BCUT2D eigenvalue weighted by atomic mass is 10.3. The molecule has 0 spiro atoms. The van der Waals surface area contributed by atoms with E-state index in [0.717, 1.165) is 11.7 Å². The highest BCUT2D eigenvalue weighted by Gasteiger charge is 2.12. The fourth-order valence-electron chi connectivity index (χ4n) is 2.02. The van der Waals surface area contributed by atoms with Gasteiger partial charge in [-0.1, -0.05) is 0 Å². The summed E-state index contributed by atoms with van der Waals surface area (Å²) in [5.74, 6) is -0.0627. The molecule has 20 heavy (non-hydrogen) atoms. The first-order chi connectivity index (χ1) is 10.1. The Hall–Kier alpha value is -2.50. The Bertz CT molecular complexity index is 799. The lowest BCUT2D eigenvalue weighted by Crippen LogP contribution is -2.03. The van der Waals surface area contributed by atoms with Gasteiger partial charge in [-0.15, -0.1) is 0 Å². The van der Waals surface area contributed by atoms with Crippen LogP contribution in [0.25, 0.3) is 11.0 Å². The van der Waals surface area contributed by atoms with Gasteiger partial charge in [-0.3, -0.25) is 4.98 Å². The van der Waals surface area contributed by atoms with Gasteiger partial charge in [0, 0.05) is 18.4 Å². The average Bonchev–Trinajstić information content (AvgIpc) is 2.85. The van der Waals surface area contributed by atoms with Crippen molar-refractivity contribution in [2.75, 3.05) is 5.32 Å². The average molecular weight is 272 g/mol. The van der Waals surface area contributed by atoms with E-state index in [1.807, 2.05) is 18.4 Å². The van der Waals surface area contributed by atoms with Crippen molar-refractivity contribution in [1.82, 2.24) is 19.5 Å². The van der Waals surface area contributed by atoms with Gasteiger partial charge in [0.05, 0.1) is 25.1 Å². The summed E-state index contributed by atoms with van der Waals surface area (Å²) >= 11 is 0. The Morgan fingerprint density at radius 1 is 1.35 bits per heavy atom. The second-order valence-electron chi connectivity index (χ2n) is 4.69. The van der Waals surface area contributed by atoms with Crippen molar-refractivity contribution in [2.24, 2.45) is 0 Å². The minimum Gasteiger partial charge on any atom is -0.336 e. The summed E-state index contributed by atoms with van der Waals surface area (Å²) in [5.41, 5.74) is 1.67. The van der Waals surface area contributed by atoms with Gasteiger partial charge < -0.3 is 9.88 Å². The predicted octanol–water partition coefficient (Wildman–Crippen LogP) is 3.29. The van der Waals surface area contributed by atoms with Crippen LogP contribution < -0.4 is 5.32 Å². The number of fused-ring (bicyclic) bond motifs is 1. The van der Waals surface area contributed by atoms with Crippen molar-refractivity contribution < 1.29 is 5.76 Å². The molecule has 3 aromatic heterocycles. The fourth-order valence-corrected chi connectivity index (χ4v) is 2.02. The van der Waals surface area contributed by atoms with E-state index in [1.54, 1.807) is 12.4 Å². The van der Waals surface area contributed by atoms with Gasteiger partial charge in [-0.25, -0.2) is 14.4 Å². The molecule has 0 amide bonds. The summed E-state index contributed by atoms with van der Waals surface area (Å²) in [4.78, 5) is 12.2. The zero-order valence-electron chi connectivity index (χ0n) is 12.1. The maximum atomic E-state index is 13.7. The Balaban J connectivity index is 2.17. The molecular weight excluding hydrogens is 257 g/mol.